The predicted octanol–water partition coefficient (Wildman–Crippen LogP) is 3.42. The smallest absolute Gasteiger partial charge is 0.335 e. The van der Waals surface area contributed by atoms with Gasteiger partial charge in [0.05, 0.1) is 5.56 Å². The summed E-state index contributed by atoms with van der Waals surface area (Å²) in [5, 5.41) is 20.8. The van der Waals surface area contributed by atoms with Crippen LogP contribution in [0, 0.1) is 11.3 Å². The highest BCUT2D eigenvalue weighted by Gasteiger charge is 2.17. The first-order valence-corrected chi connectivity index (χ1v) is 8.13. The van der Waals surface area contributed by atoms with Crippen LogP contribution in [0.15, 0.2) is 46.4 Å². The number of amides is 1. The first kappa shape index (κ1) is 17.5. The quantitative estimate of drug-likeness (QED) is 0.585. The van der Waals surface area contributed by atoms with Crippen LogP contribution in [0.4, 0.5) is 5.69 Å². The third-order valence-electron chi connectivity index (χ3n) is 3.52. The predicted molar refractivity (Wildman–Crippen MR) is 95.9 cm³/mol. The third-order valence-corrected chi connectivity index (χ3v) is 4.21. The number of nitrogens with zero attached hydrogens (tertiary/aromatic N) is 1. The number of rotatable bonds is 4. The lowest BCUT2D eigenvalue weighted by atomic mass is 10.1. The molecule has 0 atom stereocenters. The Balaban J connectivity index is 1.86. The summed E-state index contributed by atoms with van der Waals surface area (Å²) in [6.07, 6.45) is 1.41. The highest BCUT2D eigenvalue weighted by molar-refractivity contribution is 9.10. The van der Waals surface area contributed by atoms with Crippen molar-refractivity contribution in [1.82, 2.24) is 0 Å². The molecule has 0 bridgehead atoms. The summed E-state index contributed by atoms with van der Waals surface area (Å²) in [4.78, 5) is 23.4. The van der Waals surface area contributed by atoms with Gasteiger partial charge in [-0.05, 0) is 42.0 Å². The van der Waals surface area contributed by atoms with Gasteiger partial charge >= 0.3 is 5.97 Å². The molecule has 0 saturated heterocycles. The lowest BCUT2D eigenvalue weighted by Gasteiger charge is -2.06. The second-order valence-electron chi connectivity index (χ2n) is 5.24. The molecule has 1 aliphatic heterocycles. The van der Waals surface area contributed by atoms with Crippen LogP contribution >= 0.6 is 15.9 Å². The first-order chi connectivity index (χ1) is 12.5. The van der Waals surface area contributed by atoms with Crippen molar-refractivity contribution < 1.29 is 24.2 Å². The second-order valence-corrected chi connectivity index (χ2v) is 6.09. The Morgan fingerprint density at radius 1 is 1.23 bits per heavy atom. The SMILES string of the molecule is N#CC(=Cc1cc2c(cc1Br)OCO2)C(=O)Nc1cccc(C(=O)O)c1. The second kappa shape index (κ2) is 7.29. The molecule has 0 aromatic heterocycles. The number of anilines is 1. The summed E-state index contributed by atoms with van der Waals surface area (Å²) in [6.45, 7) is 0.112. The minimum absolute atomic E-state index is 0.0313. The average molecular weight is 415 g/mol. The van der Waals surface area contributed by atoms with E-state index in [0.29, 0.717) is 21.5 Å². The van der Waals surface area contributed by atoms with Gasteiger partial charge < -0.3 is 19.9 Å². The van der Waals surface area contributed by atoms with Crippen LogP contribution in [-0.4, -0.2) is 23.8 Å². The zero-order chi connectivity index (χ0) is 18.7. The number of nitrogens with one attached hydrogen (secondary N) is 1. The highest BCUT2D eigenvalue weighted by atomic mass is 79.9. The fourth-order valence-corrected chi connectivity index (χ4v) is 2.71. The molecule has 0 spiro atoms. The largest absolute Gasteiger partial charge is 0.478 e. The van der Waals surface area contributed by atoms with Crippen molar-refractivity contribution in [2.75, 3.05) is 12.1 Å². The number of nitriles is 1. The lowest BCUT2D eigenvalue weighted by molar-refractivity contribution is -0.112. The Labute approximate surface area is 156 Å². The van der Waals surface area contributed by atoms with Crippen molar-refractivity contribution in [3.8, 4) is 17.6 Å². The molecule has 0 saturated carbocycles. The number of aromatic carboxylic acids is 1. The normalized spacial score (nSPS) is 12.4. The molecule has 0 unspecified atom stereocenters. The van der Waals surface area contributed by atoms with Gasteiger partial charge in [0.1, 0.15) is 11.6 Å². The Kier molecular flexibility index (Phi) is 4.91. The first-order valence-electron chi connectivity index (χ1n) is 7.33. The highest BCUT2D eigenvalue weighted by Crippen LogP contribution is 2.37. The summed E-state index contributed by atoms with van der Waals surface area (Å²) >= 11 is 3.36. The van der Waals surface area contributed by atoms with Crippen molar-refractivity contribution in [3.63, 3.8) is 0 Å². The van der Waals surface area contributed by atoms with Crippen molar-refractivity contribution in [3.05, 3.63) is 57.6 Å². The third kappa shape index (κ3) is 3.68. The summed E-state index contributed by atoms with van der Waals surface area (Å²) in [5.74, 6) is -0.671. The van der Waals surface area contributed by atoms with Gasteiger partial charge in [0.25, 0.3) is 5.91 Å². The van der Waals surface area contributed by atoms with E-state index < -0.39 is 11.9 Å². The minimum Gasteiger partial charge on any atom is -0.478 e. The van der Waals surface area contributed by atoms with Gasteiger partial charge in [0.2, 0.25) is 6.79 Å². The Bertz CT molecular complexity index is 978. The maximum absolute atomic E-state index is 12.4. The number of benzene rings is 2. The van der Waals surface area contributed by atoms with E-state index in [1.165, 1.54) is 30.3 Å². The van der Waals surface area contributed by atoms with Crippen LogP contribution in [0.25, 0.3) is 6.08 Å². The molecule has 8 heteroatoms. The molecule has 0 fully saturated rings. The number of hydrogen-bond donors (Lipinski definition) is 2. The fourth-order valence-electron chi connectivity index (χ4n) is 2.28. The van der Waals surface area contributed by atoms with Crippen LogP contribution in [0.5, 0.6) is 11.5 Å². The zero-order valence-electron chi connectivity index (χ0n) is 13.2. The number of hydrogen-bond acceptors (Lipinski definition) is 5. The average Bonchev–Trinajstić information content (AvgIpc) is 3.06. The molecule has 2 aromatic rings. The molecule has 26 heavy (non-hydrogen) atoms. The molecular formula is C18H11BrN2O5. The van der Waals surface area contributed by atoms with Crippen molar-refractivity contribution in [2.24, 2.45) is 0 Å². The van der Waals surface area contributed by atoms with Crippen LogP contribution in [-0.2, 0) is 4.79 Å². The fraction of sp³-hybridized carbons (Fsp3) is 0.0556. The number of carboxylic acid groups (broad SMARTS) is 1. The van der Waals surface area contributed by atoms with Gasteiger partial charge in [-0.1, -0.05) is 22.0 Å². The molecule has 130 valence electrons. The number of fused-ring (bicyclic) bond motifs is 1. The standard InChI is InChI=1S/C18H11BrN2O5/c19-14-7-16-15(25-9-26-16)6-11(14)4-12(8-20)17(22)21-13-3-1-2-10(5-13)18(23)24/h1-7H,9H2,(H,21,22)(H,23,24). The van der Waals surface area contributed by atoms with E-state index in [9.17, 15) is 14.9 Å². The van der Waals surface area contributed by atoms with Crippen molar-refractivity contribution in [2.45, 2.75) is 0 Å². The van der Waals surface area contributed by atoms with Gasteiger partial charge in [-0.3, -0.25) is 4.79 Å². The van der Waals surface area contributed by atoms with Gasteiger partial charge in [-0.15, -0.1) is 0 Å². The number of ether oxygens (including phenoxy) is 2. The van der Waals surface area contributed by atoms with Crippen LogP contribution in [0.2, 0.25) is 0 Å². The molecule has 2 aromatic carbocycles. The van der Waals surface area contributed by atoms with E-state index in [1.54, 1.807) is 12.1 Å². The number of carbonyl (C=O) groups excluding carboxylic acids is 1. The molecular weight excluding hydrogens is 404 g/mol. The summed E-state index contributed by atoms with van der Waals surface area (Å²) in [7, 11) is 0. The van der Waals surface area contributed by atoms with Crippen LogP contribution in [0.3, 0.4) is 0 Å². The molecule has 0 radical (unpaired) electrons. The summed E-state index contributed by atoms with van der Waals surface area (Å²) in [5.41, 5.74) is 0.732. The van der Waals surface area contributed by atoms with E-state index >= 15 is 0 Å². The Morgan fingerprint density at radius 3 is 2.65 bits per heavy atom. The Morgan fingerprint density at radius 2 is 1.96 bits per heavy atom. The number of carbonyl (C=O) groups is 2. The summed E-state index contributed by atoms with van der Waals surface area (Å²) < 4.78 is 11.2. The van der Waals surface area contributed by atoms with Gasteiger partial charge in [-0.25, -0.2) is 4.79 Å². The van der Waals surface area contributed by atoms with E-state index in [0.717, 1.165) is 0 Å². The lowest BCUT2D eigenvalue weighted by Crippen LogP contribution is -2.14. The Hall–Kier alpha value is -3.31. The molecule has 7 nitrogen and oxygen atoms in total. The van der Waals surface area contributed by atoms with Crippen molar-refractivity contribution >= 4 is 39.6 Å². The number of halogens is 1. The van der Waals surface area contributed by atoms with E-state index in [4.69, 9.17) is 14.6 Å². The van der Waals surface area contributed by atoms with E-state index in [1.807, 2.05) is 6.07 Å². The van der Waals surface area contributed by atoms with Gasteiger partial charge in [0, 0.05) is 10.2 Å². The maximum atomic E-state index is 12.4. The molecule has 1 amide bonds. The van der Waals surface area contributed by atoms with Gasteiger partial charge in [-0.2, -0.15) is 5.26 Å². The maximum Gasteiger partial charge on any atom is 0.335 e. The van der Waals surface area contributed by atoms with Crippen LogP contribution in [0.1, 0.15) is 15.9 Å². The minimum atomic E-state index is -1.11. The van der Waals surface area contributed by atoms with Crippen LogP contribution < -0.4 is 14.8 Å². The molecule has 1 aliphatic rings. The molecule has 0 aliphatic carbocycles. The van der Waals surface area contributed by atoms with Crippen molar-refractivity contribution in [1.29, 1.82) is 5.26 Å². The topological polar surface area (TPSA) is 109 Å². The van der Waals surface area contributed by atoms with E-state index in [2.05, 4.69) is 21.2 Å². The summed E-state index contributed by atoms with van der Waals surface area (Å²) in [6, 6.07) is 10.9. The number of carboxylic acids is 1. The monoisotopic (exact) mass is 414 g/mol. The molecule has 3 rings (SSSR count). The molecule has 1 heterocycles. The van der Waals surface area contributed by atoms with E-state index in [-0.39, 0.29) is 23.6 Å². The molecule has 2 N–H and O–H groups in total. The van der Waals surface area contributed by atoms with Gasteiger partial charge in [0.15, 0.2) is 11.5 Å². The zero-order valence-corrected chi connectivity index (χ0v) is 14.7.